The second-order valence-electron chi connectivity index (χ2n) is 27.4. The first-order valence-corrected chi connectivity index (χ1v) is 40.7. The lowest BCUT2D eigenvalue weighted by Gasteiger charge is -2.21. The Morgan fingerprint density at radius 1 is 0.333 bits per heavy atom. The fourth-order valence-corrected chi connectivity index (χ4v) is 12.3. The van der Waals surface area contributed by atoms with Crippen LogP contribution in [-0.4, -0.2) is 96.7 Å². The highest BCUT2D eigenvalue weighted by atomic mass is 31.2. The molecule has 0 radical (unpaired) electrons. The predicted octanol–water partition coefficient (Wildman–Crippen LogP) is 21.0. The largest absolute Gasteiger partial charge is 0.472 e. The van der Waals surface area contributed by atoms with Crippen molar-refractivity contribution in [3.63, 3.8) is 0 Å². The van der Waals surface area contributed by atoms with Gasteiger partial charge in [-0.2, -0.15) is 0 Å². The molecule has 548 valence electrons. The number of hydrogen-bond acceptors (Lipinski definition) is 15. The van der Waals surface area contributed by atoms with Gasteiger partial charge in [0.25, 0.3) is 0 Å². The van der Waals surface area contributed by atoms with Crippen LogP contribution in [0.3, 0.4) is 0 Å². The lowest BCUT2D eigenvalue weighted by atomic mass is 10.0. The Morgan fingerprint density at radius 3 is 0.871 bits per heavy atom. The molecule has 0 aliphatic heterocycles. The second-order valence-corrected chi connectivity index (χ2v) is 30.3. The van der Waals surface area contributed by atoms with E-state index in [0.717, 1.165) is 121 Å². The third kappa shape index (κ3) is 67.9. The average Bonchev–Trinajstić information content (AvgIpc) is 1.75. The number of rotatable bonds is 70. The number of aliphatic hydroxyl groups is 1. The molecule has 0 fully saturated rings. The van der Waals surface area contributed by atoms with Gasteiger partial charge in [0.1, 0.15) is 19.3 Å². The predicted molar refractivity (Wildman–Crippen MR) is 377 cm³/mol. The first kappa shape index (κ1) is 90.5. The summed E-state index contributed by atoms with van der Waals surface area (Å²) in [6, 6.07) is 0. The Hall–Kier alpha value is -2.46. The fraction of sp³-hybridized carbons (Fsp3) is 0.892. The van der Waals surface area contributed by atoms with E-state index >= 15 is 0 Å². The van der Waals surface area contributed by atoms with Gasteiger partial charge in [0, 0.05) is 25.7 Å². The van der Waals surface area contributed by atoms with Crippen molar-refractivity contribution in [3.05, 3.63) is 24.3 Å². The number of hydrogen-bond donors (Lipinski definition) is 3. The molecule has 0 rings (SSSR count). The van der Waals surface area contributed by atoms with Crippen molar-refractivity contribution in [2.24, 2.45) is 17.8 Å². The lowest BCUT2D eigenvalue weighted by Crippen LogP contribution is -2.30. The number of ether oxygens (including phenoxy) is 4. The number of unbranched alkanes of at least 4 members (excludes halogenated alkanes) is 35. The third-order valence-corrected chi connectivity index (χ3v) is 18.4. The molecule has 0 aromatic heterocycles. The van der Waals surface area contributed by atoms with Crippen molar-refractivity contribution < 1.29 is 80.2 Å². The van der Waals surface area contributed by atoms with E-state index in [-0.39, 0.29) is 25.7 Å². The first-order valence-electron chi connectivity index (χ1n) is 37.7. The van der Waals surface area contributed by atoms with Crippen molar-refractivity contribution in [2.45, 2.75) is 369 Å². The Balaban J connectivity index is 5.22. The van der Waals surface area contributed by atoms with Gasteiger partial charge >= 0.3 is 39.5 Å². The number of phosphoric acid groups is 2. The van der Waals surface area contributed by atoms with Crippen molar-refractivity contribution in [2.75, 3.05) is 39.6 Å². The van der Waals surface area contributed by atoms with Gasteiger partial charge in [0.15, 0.2) is 12.2 Å². The van der Waals surface area contributed by atoms with Crippen LogP contribution in [0.4, 0.5) is 0 Å². The van der Waals surface area contributed by atoms with Gasteiger partial charge in [-0.1, -0.05) is 297 Å². The highest BCUT2D eigenvalue weighted by Gasteiger charge is 2.30. The minimum absolute atomic E-state index is 0.0836. The van der Waals surface area contributed by atoms with Crippen LogP contribution in [0.15, 0.2) is 24.3 Å². The maximum Gasteiger partial charge on any atom is 0.472 e. The number of carbonyl (C=O) groups excluding carboxylic acids is 4. The summed E-state index contributed by atoms with van der Waals surface area (Å²) in [6.07, 6.45) is 52.5. The Kier molecular flexibility index (Phi) is 62.5. The van der Waals surface area contributed by atoms with Crippen LogP contribution in [0.2, 0.25) is 0 Å². The summed E-state index contributed by atoms with van der Waals surface area (Å²) in [5.74, 6) is 0.0319. The highest BCUT2D eigenvalue weighted by Crippen LogP contribution is 2.45. The molecule has 0 spiro atoms. The SMILES string of the molecule is CCCCCC/C=C\C=C/CCCCCCCC(=O)O[C@H](COC(=O)CCCCCCCCC(C)C)COP(=O)(O)OCC(O)COP(=O)(O)OC[C@@H](COC(=O)CCCCCCCCCC(C)C)OC(=O)CCCCCCCCCCCCCCCCCCC(C)C. The lowest BCUT2D eigenvalue weighted by molar-refractivity contribution is -0.161. The van der Waals surface area contributed by atoms with Gasteiger partial charge in [-0.3, -0.25) is 37.3 Å². The zero-order valence-electron chi connectivity index (χ0n) is 60.2. The molecule has 0 aliphatic carbocycles. The molecule has 17 nitrogen and oxygen atoms in total. The highest BCUT2D eigenvalue weighted by molar-refractivity contribution is 7.47. The van der Waals surface area contributed by atoms with E-state index in [1.165, 1.54) is 135 Å². The van der Waals surface area contributed by atoms with Crippen LogP contribution in [0.1, 0.15) is 350 Å². The van der Waals surface area contributed by atoms with E-state index in [2.05, 4.69) is 72.8 Å². The van der Waals surface area contributed by atoms with E-state index in [4.69, 9.17) is 37.0 Å². The standard InChI is InChI=1S/C74H140O17P2/c1-8-9-10-11-12-13-14-15-18-22-25-28-33-43-50-58-74(79)91-70(62-85-72(77)56-49-42-37-36-40-47-54-67(6)7)64-89-93(82,83)87-60-68(75)59-86-92(80,81)88-63-69(61-84-71(76)55-48-41-35-30-32-39-46-53-66(4)5)90-73(78)57-51-44-34-29-26-23-20-17-16-19-21-24-27-31-38-45-52-65(2)3/h13-15,18,65-70,75H,8-12,16-17,19-64H2,1-7H3,(H,80,81)(H,82,83)/b14-13-,18-15-/t68?,69-,70-/m1/s1. The molecule has 0 aromatic carbocycles. The molecule has 19 heteroatoms. The summed E-state index contributed by atoms with van der Waals surface area (Å²) in [7, 11) is -9.92. The summed E-state index contributed by atoms with van der Waals surface area (Å²) in [6.45, 7) is 11.7. The number of esters is 4. The van der Waals surface area contributed by atoms with Crippen molar-refractivity contribution in [1.82, 2.24) is 0 Å². The van der Waals surface area contributed by atoms with E-state index in [1.807, 2.05) is 0 Å². The Bertz CT molecular complexity index is 1910. The van der Waals surface area contributed by atoms with Gasteiger partial charge in [-0.15, -0.1) is 0 Å². The van der Waals surface area contributed by atoms with E-state index in [0.29, 0.717) is 37.5 Å². The van der Waals surface area contributed by atoms with Crippen molar-refractivity contribution in [3.8, 4) is 0 Å². The monoisotopic (exact) mass is 1360 g/mol. The van der Waals surface area contributed by atoms with E-state index < -0.39 is 97.5 Å². The zero-order chi connectivity index (χ0) is 68.7. The fourth-order valence-electron chi connectivity index (χ4n) is 10.7. The van der Waals surface area contributed by atoms with Crippen molar-refractivity contribution >= 4 is 39.5 Å². The molecular formula is C74H140O17P2. The molecule has 0 saturated heterocycles. The molecule has 3 unspecified atom stereocenters. The minimum Gasteiger partial charge on any atom is -0.462 e. The van der Waals surface area contributed by atoms with Crippen LogP contribution >= 0.6 is 15.6 Å². The van der Waals surface area contributed by atoms with Gasteiger partial charge in [0.05, 0.1) is 26.4 Å². The molecule has 0 aromatic rings. The summed E-state index contributed by atoms with van der Waals surface area (Å²) in [5, 5.41) is 10.6. The number of allylic oxidation sites excluding steroid dienone is 4. The second kappa shape index (κ2) is 64.2. The van der Waals surface area contributed by atoms with Crippen LogP contribution in [0.25, 0.3) is 0 Å². The van der Waals surface area contributed by atoms with Crippen LogP contribution in [0.5, 0.6) is 0 Å². The zero-order valence-corrected chi connectivity index (χ0v) is 62.0. The third-order valence-electron chi connectivity index (χ3n) is 16.5. The molecule has 93 heavy (non-hydrogen) atoms. The molecular weight excluding hydrogens is 1220 g/mol. The summed E-state index contributed by atoms with van der Waals surface area (Å²) < 4.78 is 68.3. The van der Waals surface area contributed by atoms with Crippen LogP contribution in [-0.2, 0) is 65.4 Å². The molecule has 0 bridgehead atoms. The summed E-state index contributed by atoms with van der Waals surface area (Å²) in [4.78, 5) is 72.6. The minimum atomic E-state index is -4.96. The van der Waals surface area contributed by atoms with Gasteiger partial charge in [-0.05, 0) is 69.1 Å². The van der Waals surface area contributed by atoms with Crippen molar-refractivity contribution in [1.29, 1.82) is 0 Å². The summed E-state index contributed by atoms with van der Waals surface area (Å²) in [5.41, 5.74) is 0. The average molecular weight is 1360 g/mol. The quantitative estimate of drug-likeness (QED) is 0.0169. The van der Waals surface area contributed by atoms with Gasteiger partial charge < -0.3 is 33.8 Å². The Labute approximate surface area is 567 Å². The Morgan fingerprint density at radius 2 is 0.581 bits per heavy atom. The molecule has 5 atom stereocenters. The number of carbonyl (C=O) groups is 4. The van der Waals surface area contributed by atoms with Crippen LogP contribution < -0.4 is 0 Å². The molecule has 0 amide bonds. The normalized spacial score (nSPS) is 14.3. The molecule has 0 aliphatic rings. The maximum absolute atomic E-state index is 13.0. The van der Waals surface area contributed by atoms with Gasteiger partial charge in [-0.25, -0.2) is 9.13 Å². The molecule has 0 heterocycles. The number of aliphatic hydroxyl groups excluding tert-OH is 1. The first-order chi connectivity index (χ1) is 44.7. The van der Waals surface area contributed by atoms with Gasteiger partial charge in [0.2, 0.25) is 0 Å². The number of phosphoric ester groups is 2. The smallest absolute Gasteiger partial charge is 0.462 e. The molecule has 3 N–H and O–H groups in total. The summed E-state index contributed by atoms with van der Waals surface area (Å²) >= 11 is 0. The molecule has 0 saturated carbocycles. The van der Waals surface area contributed by atoms with E-state index in [1.54, 1.807) is 0 Å². The van der Waals surface area contributed by atoms with Crippen LogP contribution in [0, 0.1) is 17.8 Å². The maximum atomic E-state index is 13.0. The van der Waals surface area contributed by atoms with E-state index in [9.17, 15) is 43.2 Å². The topological polar surface area (TPSA) is 237 Å².